The van der Waals surface area contributed by atoms with Crippen molar-refractivity contribution in [3.63, 3.8) is 0 Å². The van der Waals surface area contributed by atoms with Gasteiger partial charge in [-0.25, -0.2) is 0 Å². The molecule has 1 aromatic rings. The monoisotopic (exact) mass is 262 g/mol. The highest BCUT2D eigenvalue weighted by Gasteiger charge is 2.25. The Kier molecular flexibility index (Phi) is 4.04. The number of amides is 2. The number of rotatable bonds is 3. The summed E-state index contributed by atoms with van der Waals surface area (Å²) in [5.41, 5.74) is 1.32. The standard InChI is InChI=1S/C14H18N2O3/c1-9-5-3-7-11(19-2)12(9)14(18)16-10-6-4-8-15-13(10)17/h3,5,7,10H,4,6,8H2,1-2H3,(H,15,17)(H,16,18). The molecule has 102 valence electrons. The molecule has 1 heterocycles. The van der Waals surface area contributed by atoms with Crippen molar-refractivity contribution in [2.75, 3.05) is 13.7 Å². The summed E-state index contributed by atoms with van der Waals surface area (Å²) in [7, 11) is 1.53. The molecule has 1 aliphatic rings. The van der Waals surface area contributed by atoms with Crippen molar-refractivity contribution in [1.29, 1.82) is 0 Å². The van der Waals surface area contributed by atoms with Gasteiger partial charge in [-0.15, -0.1) is 0 Å². The Balaban J connectivity index is 2.18. The van der Waals surface area contributed by atoms with Gasteiger partial charge >= 0.3 is 0 Å². The van der Waals surface area contributed by atoms with Gasteiger partial charge in [-0.2, -0.15) is 0 Å². The number of piperidine rings is 1. The van der Waals surface area contributed by atoms with Gasteiger partial charge in [0, 0.05) is 6.54 Å². The zero-order valence-electron chi connectivity index (χ0n) is 11.2. The first-order valence-electron chi connectivity index (χ1n) is 6.35. The first-order valence-corrected chi connectivity index (χ1v) is 6.35. The van der Waals surface area contributed by atoms with E-state index in [1.807, 2.05) is 19.1 Å². The molecule has 5 nitrogen and oxygen atoms in total. The number of aryl methyl sites for hydroxylation is 1. The van der Waals surface area contributed by atoms with Gasteiger partial charge in [0.1, 0.15) is 11.8 Å². The van der Waals surface area contributed by atoms with Crippen LogP contribution in [0.3, 0.4) is 0 Å². The SMILES string of the molecule is COc1cccc(C)c1C(=O)NC1CCCNC1=O. The number of methoxy groups -OCH3 is 1. The summed E-state index contributed by atoms with van der Waals surface area (Å²) in [6.07, 6.45) is 1.55. The number of hydrogen-bond donors (Lipinski definition) is 2. The molecule has 1 aliphatic heterocycles. The van der Waals surface area contributed by atoms with E-state index in [1.165, 1.54) is 7.11 Å². The topological polar surface area (TPSA) is 67.4 Å². The maximum Gasteiger partial charge on any atom is 0.255 e. The van der Waals surface area contributed by atoms with Gasteiger partial charge in [-0.1, -0.05) is 12.1 Å². The van der Waals surface area contributed by atoms with Crippen molar-refractivity contribution < 1.29 is 14.3 Å². The molecule has 2 rings (SSSR count). The number of ether oxygens (including phenoxy) is 1. The number of nitrogens with one attached hydrogen (secondary N) is 2. The van der Waals surface area contributed by atoms with Gasteiger partial charge in [-0.05, 0) is 31.4 Å². The summed E-state index contributed by atoms with van der Waals surface area (Å²) in [5.74, 6) is 0.137. The Labute approximate surface area is 112 Å². The van der Waals surface area contributed by atoms with Gasteiger partial charge in [0.05, 0.1) is 12.7 Å². The Hall–Kier alpha value is -2.04. The van der Waals surface area contributed by atoms with Crippen molar-refractivity contribution in [1.82, 2.24) is 10.6 Å². The first kappa shape index (κ1) is 13.4. The van der Waals surface area contributed by atoms with Crippen LogP contribution in [0.15, 0.2) is 18.2 Å². The quantitative estimate of drug-likeness (QED) is 0.854. The Morgan fingerprint density at radius 2 is 2.26 bits per heavy atom. The molecule has 0 bridgehead atoms. The second-order valence-corrected chi connectivity index (χ2v) is 4.61. The van der Waals surface area contributed by atoms with Gasteiger partial charge in [0.25, 0.3) is 5.91 Å². The predicted molar refractivity (Wildman–Crippen MR) is 71.2 cm³/mol. The minimum absolute atomic E-state index is 0.118. The third kappa shape index (κ3) is 2.86. The minimum Gasteiger partial charge on any atom is -0.496 e. The van der Waals surface area contributed by atoms with Gasteiger partial charge in [0.15, 0.2) is 0 Å². The van der Waals surface area contributed by atoms with E-state index in [9.17, 15) is 9.59 Å². The molecule has 2 amide bonds. The zero-order chi connectivity index (χ0) is 13.8. The van der Waals surface area contributed by atoms with Crippen LogP contribution in [0.25, 0.3) is 0 Å². The molecular weight excluding hydrogens is 244 g/mol. The molecule has 0 saturated carbocycles. The molecule has 1 unspecified atom stereocenters. The van der Waals surface area contributed by atoms with Crippen LogP contribution in [-0.2, 0) is 4.79 Å². The molecule has 19 heavy (non-hydrogen) atoms. The van der Waals surface area contributed by atoms with Crippen molar-refractivity contribution in [2.24, 2.45) is 0 Å². The molecule has 1 aromatic carbocycles. The lowest BCUT2D eigenvalue weighted by Gasteiger charge is -2.23. The lowest BCUT2D eigenvalue weighted by atomic mass is 10.0. The Morgan fingerprint density at radius 3 is 2.95 bits per heavy atom. The third-order valence-electron chi connectivity index (χ3n) is 3.27. The zero-order valence-corrected chi connectivity index (χ0v) is 11.2. The summed E-state index contributed by atoms with van der Waals surface area (Å²) in [6, 6.07) is 4.96. The number of carbonyl (C=O) groups is 2. The number of benzene rings is 1. The van der Waals surface area contributed by atoms with Crippen LogP contribution >= 0.6 is 0 Å². The Morgan fingerprint density at radius 1 is 1.47 bits per heavy atom. The summed E-state index contributed by atoms with van der Waals surface area (Å²) in [4.78, 5) is 23.9. The van der Waals surface area contributed by atoms with Crippen LogP contribution in [-0.4, -0.2) is 31.5 Å². The van der Waals surface area contributed by atoms with Crippen molar-refractivity contribution in [3.05, 3.63) is 29.3 Å². The molecule has 1 atom stereocenters. The predicted octanol–water partition coefficient (Wildman–Crippen LogP) is 1.01. The van der Waals surface area contributed by atoms with E-state index in [4.69, 9.17) is 4.74 Å². The second-order valence-electron chi connectivity index (χ2n) is 4.61. The maximum atomic E-state index is 12.3. The van der Waals surface area contributed by atoms with E-state index in [0.29, 0.717) is 24.3 Å². The molecule has 1 saturated heterocycles. The van der Waals surface area contributed by atoms with Gasteiger partial charge in [-0.3, -0.25) is 9.59 Å². The highest BCUT2D eigenvalue weighted by atomic mass is 16.5. The largest absolute Gasteiger partial charge is 0.496 e. The van der Waals surface area contributed by atoms with E-state index in [1.54, 1.807) is 6.07 Å². The van der Waals surface area contributed by atoms with E-state index < -0.39 is 6.04 Å². The highest BCUT2D eigenvalue weighted by Crippen LogP contribution is 2.21. The number of hydrogen-bond acceptors (Lipinski definition) is 3. The minimum atomic E-state index is -0.453. The number of carbonyl (C=O) groups excluding carboxylic acids is 2. The summed E-state index contributed by atoms with van der Waals surface area (Å²) >= 11 is 0. The second kappa shape index (κ2) is 5.73. The van der Waals surface area contributed by atoms with Crippen molar-refractivity contribution in [3.8, 4) is 5.75 Å². The lowest BCUT2D eigenvalue weighted by molar-refractivity contribution is -0.124. The van der Waals surface area contributed by atoms with Crippen LogP contribution < -0.4 is 15.4 Å². The van der Waals surface area contributed by atoms with Crippen molar-refractivity contribution in [2.45, 2.75) is 25.8 Å². The normalized spacial score (nSPS) is 18.6. The van der Waals surface area contributed by atoms with Gasteiger partial charge in [0.2, 0.25) is 5.91 Å². The van der Waals surface area contributed by atoms with Crippen LogP contribution in [0.5, 0.6) is 5.75 Å². The molecular formula is C14H18N2O3. The molecule has 0 spiro atoms. The third-order valence-corrected chi connectivity index (χ3v) is 3.27. The maximum absolute atomic E-state index is 12.3. The fourth-order valence-electron chi connectivity index (χ4n) is 2.24. The molecule has 0 radical (unpaired) electrons. The molecule has 0 aromatic heterocycles. The van der Waals surface area contributed by atoms with Gasteiger partial charge < -0.3 is 15.4 Å². The highest BCUT2D eigenvalue weighted by molar-refractivity contribution is 6.00. The van der Waals surface area contributed by atoms with Crippen LogP contribution in [0.4, 0.5) is 0 Å². The molecule has 1 fully saturated rings. The fourth-order valence-corrected chi connectivity index (χ4v) is 2.24. The van der Waals surface area contributed by atoms with E-state index >= 15 is 0 Å². The first-order chi connectivity index (χ1) is 9.13. The molecule has 5 heteroatoms. The van der Waals surface area contributed by atoms with E-state index in [2.05, 4.69) is 10.6 Å². The summed E-state index contributed by atoms with van der Waals surface area (Å²) in [5, 5.41) is 5.52. The average Bonchev–Trinajstić information content (AvgIpc) is 2.40. The fraction of sp³-hybridized carbons (Fsp3) is 0.429. The van der Waals surface area contributed by atoms with E-state index in [-0.39, 0.29) is 11.8 Å². The average molecular weight is 262 g/mol. The smallest absolute Gasteiger partial charge is 0.255 e. The Bertz CT molecular complexity index is 499. The molecule has 2 N–H and O–H groups in total. The molecule has 0 aliphatic carbocycles. The van der Waals surface area contributed by atoms with Crippen molar-refractivity contribution >= 4 is 11.8 Å². The van der Waals surface area contributed by atoms with E-state index in [0.717, 1.165) is 12.0 Å². The van der Waals surface area contributed by atoms with Crippen LogP contribution in [0, 0.1) is 6.92 Å². The lowest BCUT2D eigenvalue weighted by Crippen LogP contribution is -2.50. The van der Waals surface area contributed by atoms with Crippen LogP contribution in [0.1, 0.15) is 28.8 Å². The van der Waals surface area contributed by atoms with Crippen LogP contribution in [0.2, 0.25) is 0 Å². The summed E-state index contributed by atoms with van der Waals surface area (Å²) in [6.45, 7) is 2.53. The summed E-state index contributed by atoms with van der Waals surface area (Å²) < 4.78 is 5.20.